The molecule has 2 N–H and O–H groups in total. The van der Waals surface area contributed by atoms with E-state index in [-0.39, 0.29) is 12.5 Å². The fraction of sp³-hybridized carbons (Fsp3) is 0.130. The van der Waals surface area contributed by atoms with E-state index in [0.29, 0.717) is 34.8 Å². The molecule has 6 nitrogen and oxygen atoms in total. The monoisotopic (exact) mass is 455 g/mol. The van der Waals surface area contributed by atoms with Crippen molar-refractivity contribution in [1.82, 2.24) is 10.2 Å². The zero-order chi connectivity index (χ0) is 21.6. The number of hydrogen-bond donors (Lipinski definition) is 2. The third kappa shape index (κ3) is 5.55. The van der Waals surface area contributed by atoms with Crippen molar-refractivity contribution in [3.8, 4) is 5.75 Å². The molecule has 31 heavy (non-hydrogen) atoms. The van der Waals surface area contributed by atoms with E-state index < -0.39 is 0 Å². The summed E-state index contributed by atoms with van der Waals surface area (Å²) in [5.74, 6) is 0.769. The highest BCUT2D eigenvalue weighted by atomic mass is 35.5. The maximum atomic E-state index is 12.3. The zero-order valence-corrected chi connectivity index (χ0v) is 17.9. The van der Waals surface area contributed by atoms with Crippen molar-refractivity contribution in [1.29, 1.82) is 0 Å². The maximum absolute atomic E-state index is 12.3. The van der Waals surface area contributed by atoms with Gasteiger partial charge in [-0.15, -0.1) is 0 Å². The van der Waals surface area contributed by atoms with Crippen molar-refractivity contribution in [3.63, 3.8) is 0 Å². The summed E-state index contributed by atoms with van der Waals surface area (Å²) in [5, 5.41) is 11.6. The van der Waals surface area contributed by atoms with Gasteiger partial charge in [0.15, 0.2) is 5.82 Å². The molecule has 158 valence electrons. The van der Waals surface area contributed by atoms with Gasteiger partial charge in [0, 0.05) is 5.39 Å². The van der Waals surface area contributed by atoms with Crippen LogP contribution in [0.5, 0.6) is 5.75 Å². The second kappa shape index (κ2) is 9.83. The summed E-state index contributed by atoms with van der Waals surface area (Å²) in [4.78, 5) is 12.3. The molecule has 1 heterocycles. The Morgan fingerprint density at radius 1 is 0.935 bits per heavy atom. The van der Waals surface area contributed by atoms with E-state index in [4.69, 9.17) is 32.7 Å². The zero-order valence-electron chi connectivity index (χ0n) is 16.4. The summed E-state index contributed by atoms with van der Waals surface area (Å²) >= 11 is 12.0. The maximum Gasteiger partial charge on any atom is 0.251 e. The van der Waals surface area contributed by atoms with Crippen LogP contribution in [0.15, 0.2) is 66.7 Å². The summed E-state index contributed by atoms with van der Waals surface area (Å²) in [6, 6.07) is 20.5. The normalized spacial score (nSPS) is 10.9. The first-order chi connectivity index (χ1) is 15.1. The van der Waals surface area contributed by atoms with Crippen LogP contribution >= 0.6 is 23.2 Å². The SMILES string of the molecule is O=C(COCc1ccccc1)Nc1n[nH]c2ccc(OCc3ccc(Cl)c(Cl)c3)cc12. The van der Waals surface area contributed by atoms with Crippen molar-refractivity contribution in [2.45, 2.75) is 13.2 Å². The summed E-state index contributed by atoms with van der Waals surface area (Å²) in [6.07, 6.45) is 0. The molecule has 0 saturated heterocycles. The van der Waals surface area contributed by atoms with Gasteiger partial charge in [-0.25, -0.2) is 0 Å². The average molecular weight is 456 g/mol. The minimum Gasteiger partial charge on any atom is -0.489 e. The molecule has 0 radical (unpaired) electrons. The predicted octanol–water partition coefficient (Wildman–Crippen LogP) is 5.60. The Bertz CT molecular complexity index is 1200. The number of halogens is 2. The van der Waals surface area contributed by atoms with E-state index in [2.05, 4.69) is 15.5 Å². The molecule has 0 bridgehead atoms. The van der Waals surface area contributed by atoms with Crippen LogP contribution in [0.1, 0.15) is 11.1 Å². The summed E-state index contributed by atoms with van der Waals surface area (Å²) in [5.41, 5.74) is 2.68. The molecule has 0 aliphatic carbocycles. The van der Waals surface area contributed by atoms with Crippen LogP contribution < -0.4 is 10.1 Å². The van der Waals surface area contributed by atoms with E-state index in [1.807, 2.05) is 54.6 Å². The Hall–Kier alpha value is -3.06. The molecule has 0 atom stereocenters. The van der Waals surface area contributed by atoms with Crippen LogP contribution in [0.2, 0.25) is 10.0 Å². The van der Waals surface area contributed by atoms with Crippen LogP contribution in [-0.4, -0.2) is 22.7 Å². The average Bonchev–Trinajstić information content (AvgIpc) is 3.17. The standard InChI is InChI=1S/C23H19Cl2N3O3/c24-19-8-6-16(10-20(19)25)13-31-17-7-9-21-18(11-17)23(28-27-21)26-22(29)14-30-12-15-4-2-1-3-5-15/h1-11H,12-14H2,(H2,26,27,28,29). The number of benzene rings is 3. The molecular weight excluding hydrogens is 437 g/mol. The highest BCUT2D eigenvalue weighted by Crippen LogP contribution is 2.27. The smallest absolute Gasteiger partial charge is 0.251 e. The second-order valence-electron chi connectivity index (χ2n) is 6.84. The number of aromatic amines is 1. The molecule has 3 aromatic carbocycles. The number of rotatable bonds is 8. The van der Waals surface area contributed by atoms with Gasteiger partial charge >= 0.3 is 0 Å². The van der Waals surface area contributed by atoms with Gasteiger partial charge < -0.3 is 14.8 Å². The van der Waals surface area contributed by atoms with Gasteiger partial charge in [0.1, 0.15) is 19.0 Å². The van der Waals surface area contributed by atoms with Gasteiger partial charge in [0.25, 0.3) is 5.91 Å². The number of carbonyl (C=O) groups is 1. The quantitative estimate of drug-likeness (QED) is 0.362. The van der Waals surface area contributed by atoms with Crippen LogP contribution in [0.4, 0.5) is 5.82 Å². The Labute approximate surface area is 189 Å². The summed E-state index contributed by atoms with van der Waals surface area (Å²) in [7, 11) is 0. The third-order valence-electron chi connectivity index (χ3n) is 4.53. The van der Waals surface area contributed by atoms with Gasteiger partial charge in [-0.2, -0.15) is 5.10 Å². The van der Waals surface area contributed by atoms with E-state index >= 15 is 0 Å². The summed E-state index contributed by atoms with van der Waals surface area (Å²) in [6.45, 7) is 0.619. The number of H-pyrrole nitrogens is 1. The highest BCUT2D eigenvalue weighted by Gasteiger charge is 2.11. The molecule has 1 aromatic heterocycles. The number of nitrogens with one attached hydrogen (secondary N) is 2. The van der Waals surface area contributed by atoms with Gasteiger partial charge in [-0.05, 0) is 41.5 Å². The van der Waals surface area contributed by atoms with Crippen LogP contribution in [0.25, 0.3) is 10.9 Å². The number of aromatic nitrogens is 2. The predicted molar refractivity (Wildman–Crippen MR) is 122 cm³/mol. The lowest BCUT2D eigenvalue weighted by molar-refractivity contribution is -0.121. The van der Waals surface area contributed by atoms with E-state index in [1.54, 1.807) is 12.1 Å². The molecular formula is C23H19Cl2N3O3. The first kappa shape index (κ1) is 21.2. The van der Waals surface area contributed by atoms with Crippen LogP contribution in [0, 0.1) is 0 Å². The largest absolute Gasteiger partial charge is 0.489 e. The van der Waals surface area contributed by atoms with Crippen LogP contribution in [-0.2, 0) is 22.7 Å². The van der Waals surface area contributed by atoms with E-state index in [1.165, 1.54) is 0 Å². The van der Waals surface area contributed by atoms with Crippen molar-refractivity contribution in [2.75, 3.05) is 11.9 Å². The molecule has 0 spiro atoms. The molecule has 1 amide bonds. The summed E-state index contributed by atoms with van der Waals surface area (Å²) < 4.78 is 11.3. The number of carbonyl (C=O) groups excluding carboxylic acids is 1. The lowest BCUT2D eigenvalue weighted by Crippen LogP contribution is -2.18. The van der Waals surface area contributed by atoms with Gasteiger partial charge in [-0.1, -0.05) is 59.6 Å². The number of hydrogen-bond acceptors (Lipinski definition) is 4. The van der Waals surface area contributed by atoms with E-state index in [9.17, 15) is 4.79 Å². The first-order valence-electron chi connectivity index (χ1n) is 9.55. The van der Waals surface area contributed by atoms with Crippen molar-refractivity contribution in [3.05, 3.63) is 87.9 Å². The molecule has 4 aromatic rings. The number of fused-ring (bicyclic) bond motifs is 1. The number of ether oxygens (including phenoxy) is 2. The lowest BCUT2D eigenvalue weighted by Gasteiger charge is -2.08. The minimum atomic E-state index is -0.286. The van der Waals surface area contributed by atoms with Gasteiger partial charge in [0.2, 0.25) is 0 Å². The molecule has 0 fully saturated rings. The Morgan fingerprint density at radius 2 is 1.77 bits per heavy atom. The number of amides is 1. The van der Waals surface area contributed by atoms with Gasteiger partial charge in [0.05, 0.1) is 22.2 Å². The molecule has 0 aliphatic heterocycles. The fourth-order valence-electron chi connectivity index (χ4n) is 2.98. The molecule has 8 heteroatoms. The van der Waals surface area contributed by atoms with E-state index in [0.717, 1.165) is 22.0 Å². The molecule has 0 saturated carbocycles. The fourth-order valence-corrected chi connectivity index (χ4v) is 3.30. The molecule has 0 aliphatic rings. The molecule has 0 unspecified atom stereocenters. The highest BCUT2D eigenvalue weighted by molar-refractivity contribution is 6.42. The Balaban J connectivity index is 1.37. The minimum absolute atomic E-state index is 0.0727. The number of nitrogens with zero attached hydrogens (tertiary/aromatic N) is 1. The second-order valence-corrected chi connectivity index (χ2v) is 7.66. The van der Waals surface area contributed by atoms with Crippen molar-refractivity contribution >= 4 is 45.8 Å². The van der Waals surface area contributed by atoms with Crippen molar-refractivity contribution in [2.24, 2.45) is 0 Å². The number of anilines is 1. The topological polar surface area (TPSA) is 76.2 Å². The lowest BCUT2D eigenvalue weighted by atomic mass is 10.2. The van der Waals surface area contributed by atoms with Crippen molar-refractivity contribution < 1.29 is 14.3 Å². The molecule has 4 rings (SSSR count). The van der Waals surface area contributed by atoms with Gasteiger partial charge in [-0.3, -0.25) is 9.89 Å². The van der Waals surface area contributed by atoms with Crippen LogP contribution in [0.3, 0.4) is 0 Å². The third-order valence-corrected chi connectivity index (χ3v) is 5.27. The Morgan fingerprint density at radius 3 is 2.58 bits per heavy atom. The Kier molecular flexibility index (Phi) is 6.72. The first-order valence-corrected chi connectivity index (χ1v) is 10.3.